The summed E-state index contributed by atoms with van der Waals surface area (Å²) in [7, 11) is 0. The van der Waals surface area contributed by atoms with Gasteiger partial charge in [0.1, 0.15) is 0 Å². The molecule has 0 radical (unpaired) electrons. The lowest BCUT2D eigenvalue weighted by Gasteiger charge is -2.12. The van der Waals surface area contributed by atoms with Gasteiger partial charge < -0.3 is 5.32 Å². The number of nitrogens with zero attached hydrogens (tertiary/aromatic N) is 3. The first-order valence-electron chi connectivity index (χ1n) is 7.90. The summed E-state index contributed by atoms with van der Waals surface area (Å²) in [5, 5.41) is 12.6. The number of hydrogen-bond acceptors (Lipinski definition) is 4. The van der Waals surface area contributed by atoms with Crippen molar-refractivity contribution in [3.05, 3.63) is 34.0 Å². The number of rotatable bonds is 6. The maximum atomic E-state index is 12.0. The van der Waals surface area contributed by atoms with E-state index in [1.807, 2.05) is 0 Å². The van der Waals surface area contributed by atoms with E-state index in [0.717, 1.165) is 12.8 Å². The fraction of sp³-hybridized carbons (Fsp3) is 0.438. The highest BCUT2D eigenvalue weighted by Gasteiger charge is 2.12. The van der Waals surface area contributed by atoms with Gasteiger partial charge >= 0.3 is 0 Å². The number of pyridine rings is 1. The average Bonchev–Trinajstić information content (AvgIpc) is 2.97. The Kier molecular flexibility index (Phi) is 6.03. The van der Waals surface area contributed by atoms with Crippen molar-refractivity contribution in [2.24, 2.45) is 0 Å². The van der Waals surface area contributed by atoms with E-state index in [9.17, 15) is 4.79 Å². The Bertz CT molecular complexity index is 775. The van der Waals surface area contributed by atoms with Gasteiger partial charge in [-0.2, -0.15) is 0 Å². The van der Waals surface area contributed by atoms with E-state index in [2.05, 4.69) is 21.6 Å². The molecule has 0 atom stereocenters. The molecule has 1 N–H and O–H groups in total. The van der Waals surface area contributed by atoms with Crippen LogP contribution in [0, 0.1) is 0 Å². The van der Waals surface area contributed by atoms with E-state index in [4.69, 9.17) is 23.2 Å². The highest BCUT2D eigenvalue weighted by Crippen LogP contribution is 2.25. The van der Waals surface area contributed by atoms with Crippen LogP contribution in [0.15, 0.2) is 29.1 Å². The van der Waals surface area contributed by atoms with Crippen LogP contribution in [0.2, 0.25) is 10.0 Å². The summed E-state index contributed by atoms with van der Waals surface area (Å²) in [4.78, 5) is 12.0. The number of fused-ring (bicyclic) bond motifs is 1. The fourth-order valence-corrected chi connectivity index (χ4v) is 3.92. The van der Waals surface area contributed by atoms with Gasteiger partial charge in [-0.1, -0.05) is 46.6 Å². The molecule has 2 heterocycles. The molecule has 0 spiro atoms. The van der Waals surface area contributed by atoms with E-state index in [1.165, 1.54) is 36.6 Å². The first kappa shape index (κ1) is 17.6. The summed E-state index contributed by atoms with van der Waals surface area (Å²) in [5.41, 5.74) is 2.00. The summed E-state index contributed by atoms with van der Waals surface area (Å²) in [6, 6.07) is 1.62. The normalized spacial score (nSPS) is 14.7. The third-order valence-electron chi connectivity index (χ3n) is 3.88. The molecule has 8 heteroatoms. The monoisotopic (exact) mass is 384 g/mol. The van der Waals surface area contributed by atoms with Crippen LogP contribution in [0.25, 0.3) is 5.65 Å². The Balaban J connectivity index is 1.50. The maximum Gasteiger partial charge on any atom is 0.230 e. The first-order valence-corrected chi connectivity index (χ1v) is 9.65. The third kappa shape index (κ3) is 4.43. The summed E-state index contributed by atoms with van der Waals surface area (Å²) in [6.07, 6.45) is 9.82. The molecule has 2 aromatic heterocycles. The van der Waals surface area contributed by atoms with Gasteiger partial charge in [-0.3, -0.25) is 9.20 Å². The minimum absolute atomic E-state index is 0.0127. The highest BCUT2D eigenvalue weighted by atomic mass is 35.5. The number of nitrogens with one attached hydrogen (secondary N) is 1. The molecule has 0 aliphatic heterocycles. The zero-order valence-electron chi connectivity index (χ0n) is 13.1. The van der Waals surface area contributed by atoms with Gasteiger partial charge in [-0.25, -0.2) is 0 Å². The Morgan fingerprint density at radius 2 is 2.21 bits per heavy atom. The van der Waals surface area contributed by atoms with Crippen LogP contribution in [0.5, 0.6) is 0 Å². The van der Waals surface area contributed by atoms with E-state index < -0.39 is 0 Å². The van der Waals surface area contributed by atoms with E-state index in [1.54, 1.807) is 16.7 Å². The predicted molar refractivity (Wildman–Crippen MR) is 97.9 cm³/mol. The number of thioether (sulfide) groups is 1. The van der Waals surface area contributed by atoms with Crippen molar-refractivity contribution in [2.75, 3.05) is 12.3 Å². The highest BCUT2D eigenvalue weighted by molar-refractivity contribution is 7.99. The molecule has 0 unspecified atom stereocenters. The number of amides is 1. The van der Waals surface area contributed by atoms with Crippen molar-refractivity contribution in [1.29, 1.82) is 0 Å². The van der Waals surface area contributed by atoms with Crippen molar-refractivity contribution in [2.45, 2.75) is 37.3 Å². The molecule has 0 aromatic carbocycles. The number of hydrogen-bond donors (Lipinski definition) is 1. The van der Waals surface area contributed by atoms with Gasteiger partial charge in [0, 0.05) is 12.7 Å². The van der Waals surface area contributed by atoms with Crippen molar-refractivity contribution in [1.82, 2.24) is 19.9 Å². The second kappa shape index (κ2) is 8.23. The molecule has 1 aliphatic carbocycles. The molecule has 2 aromatic rings. The summed E-state index contributed by atoms with van der Waals surface area (Å²) in [5.74, 6) is 0.269. The van der Waals surface area contributed by atoms with Crippen molar-refractivity contribution in [3.63, 3.8) is 0 Å². The smallest absolute Gasteiger partial charge is 0.230 e. The van der Waals surface area contributed by atoms with Crippen molar-refractivity contribution < 1.29 is 4.79 Å². The SMILES string of the molecule is O=C(CSc1nnc2c(Cl)cc(Cl)cn12)NCCC1=CCCCC1. The molecule has 24 heavy (non-hydrogen) atoms. The lowest BCUT2D eigenvalue weighted by molar-refractivity contribution is -0.118. The van der Waals surface area contributed by atoms with Gasteiger partial charge in [-0.05, 0) is 38.2 Å². The lowest BCUT2D eigenvalue weighted by atomic mass is 9.97. The van der Waals surface area contributed by atoms with Crippen LogP contribution in [0.4, 0.5) is 0 Å². The minimum Gasteiger partial charge on any atom is -0.355 e. The van der Waals surface area contributed by atoms with Gasteiger partial charge in [-0.15, -0.1) is 10.2 Å². The number of carbonyl (C=O) groups is 1. The van der Waals surface area contributed by atoms with Crippen LogP contribution in [0.1, 0.15) is 32.1 Å². The van der Waals surface area contributed by atoms with Crippen LogP contribution >= 0.6 is 35.0 Å². The Hall–Kier alpha value is -1.24. The molecule has 0 fully saturated rings. The molecule has 1 aliphatic rings. The Morgan fingerprint density at radius 3 is 3.00 bits per heavy atom. The molecule has 128 valence electrons. The Morgan fingerprint density at radius 1 is 1.33 bits per heavy atom. The summed E-state index contributed by atoms with van der Waals surface area (Å²) >= 11 is 13.4. The van der Waals surface area contributed by atoms with Crippen LogP contribution < -0.4 is 5.32 Å². The van der Waals surface area contributed by atoms with E-state index in [-0.39, 0.29) is 11.7 Å². The summed E-state index contributed by atoms with van der Waals surface area (Å²) < 4.78 is 1.70. The Labute approximate surface area is 154 Å². The second-order valence-electron chi connectivity index (χ2n) is 5.68. The molecular formula is C16H18Cl2N4OS. The topological polar surface area (TPSA) is 59.3 Å². The predicted octanol–water partition coefficient (Wildman–Crippen LogP) is 4.13. The molecule has 1 amide bonds. The third-order valence-corrected chi connectivity index (χ3v) is 5.31. The largest absolute Gasteiger partial charge is 0.355 e. The maximum absolute atomic E-state index is 12.0. The molecule has 0 saturated carbocycles. The van der Waals surface area contributed by atoms with Gasteiger partial charge in [0.2, 0.25) is 5.91 Å². The zero-order chi connectivity index (χ0) is 16.9. The van der Waals surface area contributed by atoms with E-state index >= 15 is 0 Å². The molecule has 0 saturated heterocycles. The zero-order valence-corrected chi connectivity index (χ0v) is 15.4. The number of allylic oxidation sites excluding steroid dienone is 1. The van der Waals surface area contributed by atoms with Crippen molar-refractivity contribution >= 4 is 46.5 Å². The minimum atomic E-state index is -0.0127. The molecule has 5 nitrogen and oxygen atoms in total. The lowest BCUT2D eigenvalue weighted by Crippen LogP contribution is -2.26. The average molecular weight is 385 g/mol. The molecular weight excluding hydrogens is 367 g/mol. The van der Waals surface area contributed by atoms with Crippen LogP contribution in [-0.4, -0.2) is 32.8 Å². The second-order valence-corrected chi connectivity index (χ2v) is 7.47. The summed E-state index contributed by atoms with van der Waals surface area (Å²) in [6.45, 7) is 0.684. The standard InChI is InChI=1S/C16H18Cl2N4OS/c17-12-8-13(18)15-20-21-16(22(15)9-12)24-10-14(23)19-7-6-11-4-2-1-3-5-11/h4,8-9H,1-3,5-7,10H2,(H,19,23). The van der Waals surface area contributed by atoms with E-state index in [0.29, 0.717) is 27.4 Å². The quantitative estimate of drug-likeness (QED) is 0.600. The molecule has 0 bridgehead atoms. The first-order chi connectivity index (χ1) is 11.6. The number of halogens is 2. The van der Waals surface area contributed by atoms with Gasteiger partial charge in [0.15, 0.2) is 10.8 Å². The number of carbonyl (C=O) groups excluding carboxylic acids is 1. The van der Waals surface area contributed by atoms with Crippen LogP contribution in [0.3, 0.4) is 0 Å². The number of aromatic nitrogens is 3. The van der Waals surface area contributed by atoms with Crippen LogP contribution in [-0.2, 0) is 4.79 Å². The molecule has 3 rings (SSSR count). The van der Waals surface area contributed by atoms with Gasteiger partial charge in [0.05, 0.1) is 15.8 Å². The fourth-order valence-electron chi connectivity index (χ4n) is 2.68. The van der Waals surface area contributed by atoms with Crippen molar-refractivity contribution in [3.8, 4) is 0 Å². The van der Waals surface area contributed by atoms with Gasteiger partial charge in [0.25, 0.3) is 0 Å².